The fraction of sp³-hybridized carbons (Fsp3) is 0.462. The van der Waals surface area contributed by atoms with Crippen LogP contribution in [0.15, 0.2) is 24.3 Å². The Morgan fingerprint density at radius 2 is 2.47 bits per heavy atom. The van der Waals surface area contributed by atoms with Gasteiger partial charge >= 0.3 is 6.09 Å². The van der Waals surface area contributed by atoms with Gasteiger partial charge in [-0.3, -0.25) is 0 Å². The molecule has 1 aromatic rings. The Labute approximate surface area is 101 Å². The Morgan fingerprint density at radius 1 is 1.59 bits per heavy atom. The molecule has 0 aliphatic carbocycles. The van der Waals surface area contributed by atoms with E-state index in [1.54, 1.807) is 0 Å². The molecular formula is C13H17NO3. The van der Waals surface area contributed by atoms with E-state index in [0.717, 1.165) is 12.0 Å². The van der Waals surface area contributed by atoms with Crippen LogP contribution < -0.4 is 5.32 Å². The molecule has 4 heteroatoms. The number of ether oxygens (including phenoxy) is 2. The number of amides is 1. The molecule has 0 spiro atoms. The van der Waals surface area contributed by atoms with E-state index in [1.165, 1.54) is 5.56 Å². The molecule has 1 aliphatic rings. The SMILES string of the molecule is Cc1cccc(CNC(=O)OC2CCOC2)c1. The zero-order valence-corrected chi connectivity index (χ0v) is 9.94. The van der Waals surface area contributed by atoms with Crippen molar-refractivity contribution in [3.63, 3.8) is 0 Å². The highest BCUT2D eigenvalue weighted by molar-refractivity contribution is 5.67. The van der Waals surface area contributed by atoms with E-state index >= 15 is 0 Å². The third-order valence-electron chi connectivity index (χ3n) is 2.68. The molecule has 0 bridgehead atoms. The summed E-state index contributed by atoms with van der Waals surface area (Å²) in [6, 6.07) is 8.02. The van der Waals surface area contributed by atoms with Crippen molar-refractivity contribution in [2.24, 2.45) is 0 Å². The molecular weight excluding hydrogens is 218 g/mol. The molecule has 0 saturated carbocycles. The van der Waals surface area contributed by atoms with Crippen LogP contribution in [0.5, 0.6) is 0 Å². The molecule has 0 radical (unpaired) electrons. The molecule has 1 fully saturated rings. The third kappa shape index (κ3) is 3.75. The number of carbonyl (C=O) groups excluding carboxylic acids is 1. The topological polar surface area (TPSA) is 47.6 Å². The van der Waals surface area contributed by atoms with Crippen LogP contribution in [-0.2, 0) is 16.0 Å². The lowest BCUT2D eigenvalue weighted by Crippen LogP contribution is -2.28. The van der Waals surface area contributed by atoms with Gasteiger partial charge in [0.25, 0.3) is 0 Å². The second-order valence-corrected chi connectivity index (χ2v) is 4.23. The van der Waals surface area contributed by atoms with Crippen LogP contribution >= 0.6 is 0 Å². The van der Waals surface area contributed by atoms with Gasteiger partial charge in [0, 0.05) is 13.0 Å². The lowest BCUT2D eigenvalue weighted by atomic mass is 10.1. The number of benzene rings is 1. The average Bonchev–Trinajstić information content (AvgIpc) is 2.79. The highest BCUT2D eigenvalue weighted by atomic mass is 16.6. The second-order valence-electron chi connectivity index (χ2n) is 4.23. The van der Waals surface area contributed by atoms with Gasteiger partial charge in [-0.05, 0) is 12.5 Å². The summed E-state index contributed by atoms with van der Waals surface area (Å²) in [6.45, 7) is 3.71. The summed E-state index contributed by atoms with van der Waals surface area (Å²) in [4.78, 5) is 11.5. The smallest absolute Gasteiger partial charge is 0.407 e. The molecule has 1 aliphatic heterocycles. The van der Waals surface area contributed by atoms with Gasteiger partial charge in [0.2, 0.25) is 0 Å². The van der Waals surface area contributed by atoms with Crippen LogP contribution in [0.3, 0.4) is 0 Å². The van der Waals surface area contributed by atoms with Gasteiger partial charge in [0.05, 0.1) is 13.2 Å². The number of hydrogen-bond donors (Lipinski definition) is 1. The third-order valence-corrected chi connectivity index (χ3v) is 2.68. The Bertz CT molecular complexity index is 386. The minimum absolute atomic E-state index is 0.0903. The lowest BCUT2D eigenvalue weighted by Gasteiger charge is -2.11. The van der Waals surface area contributed by atoms with Crippen molar-refractivity contribution in [1.82, 2.24) is 5.32 Å². The standard InChI is InChI=1S/C13H17NO3/c1-10-3-2-4-11(7-10)8-14-13(15)17-12-5-6-16-9-12/h2-4,7,12H,5-6,8-9H2,1H3,(H,14,15). The summed E-state index contributed by atoms with van der Waals surface area (Å²) >= 11 is 0. The molecule has 1 unspecified atom stereocenters. The molecule has 1 amide bonds. The molecule has 1 N–H and O–H groups in total. The van der Waals surface area contributed by atoms with Crippen LogP contribution in [0.4, 0.5) is 4.79 Å². The van der Waals surface area contributed by atoms with Crippen molar-refractivity contribution >= 4 is 6.09 Å². The van der Waals surface area contributed by atoms with E-state index in [0.29, 0.717) is 19.8 Å². The van der Waals surface area contributed by atoms with E-state index in [4.69, 9.17) is 9.47 Å². The summed E-state index contributed by atoms with van der Waals surface area (Å²) in [6.07, 6.45) is 0.326. The second kappa shape index (κ2) is 5.68. The van der Waals surface area contributed by atoms with Gasteiger partial charge in [-0.15, -0.1) is 0 Å². The van der Waals surface area contributed by atoms with Gasteiger partial charge < -0.3 is 14.8 Å². The summed E-state index contributed by atoms with van der Waals surface area (Å²) in [5.74, 6) is 0. The minimum atomic E-state index is -0.373. The van der Waals surface area contributed by atoms with Crippen molar-refractivity contribution < 1.29 is 14.3 Å². The number of carbonyl (C=O) groups is 1. The molecule has 17 heavy (non-hydrogen) atoms. The maximum atomic E-state index is 11.5. The van der Waals surface area contributed by atoms with Crippen LogP contribution in [0.1, 0.15) is 17.5 Å². The van der Waals surface area contributed by atoms with Gasteiger partial charge in [-0.25, -0.2) is 4.79 Å². The minimum Gasteiger partial charge on any atom is -0.444 e. The van der Waals surface area contributed by atoms with Gasteiger partial charge in [0.15, 0.2) is 0 Å². The van der Waals surface area contributed by atoms with E-state index < -0.39 is 0 Å². The summed E-state index contributed by atoms with van der Waals surface area (Å²) in [7, 11) is 0. The Hall–Kier alpha value is -1.55. The normalized spacial score (nSPS) is 19.0. The molecule has 0 aromatic heterocycles. The van der Waals surface area contributed by atoms with Gasteiger partial charge in [-0.2, -0.15) is 0 Å². The summed E-state index contributed by atoms with van der Waals surface area (Å²) in [5.41, 5.74) is 2.26. The average molecular weight is 235 g/mol. The number of aryl methyl sites for hydroxylation is 1. The molecule has 1 atom stereocenters. The summed E-state index contributed by atoms with van der Waals surface area (Å²) in [5, 5.41) is 2.74. The van der Waals surface area contributed by atoms with Crippen LogP contribution in [0.2, 0.25) is 0 Å². The Balaban J connectivity index is 1.75. The Kier molecular flexibility index (Phi) is 3.98. The molecule has 92 valence electrons. The molecule has 1 aromatic carbocycles. The predicted octanol–water partition coefficient (Wildman–Crippen LogP) is 2.01. The van der Waals surface area contributed by atoms with Gasteiger partial charge in [-0.1, -0.05) is 29.8 Å². The van der Waals surface area contributed by atoms with Crippen molar-refractivity contribution in [3.8, 4) is 0 Å². The fourth-order valence-corrected chi connectivity index (χ4v) is 1.80. The van der Waals surface area contributed by atoms with E-state index in [2.05, 4.69) is 5.32 Å². The van der Waals surface area contributed by atoms with Crippen molar-refractivity contribution in [2.75, 3.05) is 13.2 Å². The van der Waals surface area contributed by atoms with Crippen molar-refractivity contribution in [2.45, 2.75) is 26.0 Å². The monoisotopic (exact) mass is 235 g/mol. The van der Waals surface area contributed by atoms with Crippen molar-refractivity contribution in [3.05, 3.63) is 35.4 Å². The molecule has 1 saturated heterocycles. The van der Waals surface area contributed by atoms with E-state index in [9.17, 15) is 4.79 Å². The van der Waals surface area contributed by atoms with Crippen molar-refractivity contribution in [1.29, 1.82) is 0 Å². The molecule has 2 rings (SSSR count). The van der Waals surface area contributed by atoms with Crippen LogP contribution in [-0.4, -0.2) is 25.4 Å². The first-order valence-corrected chi connectivity index (χ1v) is 5.82. The predicted molar refractivity (Wildman–Crippen MR) is 63.7 cm³/mol. The zero-order chi connectivity index (χ0) is 12.1. The van der Waals surface area contributed by atoms with Gasteiger partial charge in [0.1, 0.15) is 6.10 Å². The first-order valence-electron chi connectivity index (χ1n) is 5.82. The fourth-order valence-electron chi connectivity index (χ4n) is 1.80. The quantitative estimate of drug-likeness (QED) is 0.871. The zero-order valence-electron chi connectivity index (χ0n) is 9.94. The summed E-state index contributed by atoms with van der Waals surface area (Å²) < 4.78 is 10.3. The van der Waals surface area contributed by atoms with E-state index in [-0.39, 0.29) is 12.2 Å². The van der Waals surface area contributed by atoms with Crippen LogP contribution in [0.25, 0.3) is 0 Å². The maximum absolute atomic E-state index is 11.5. The van der Waals surface area contributed by atoms with E-state index in [1.807, 2.05) is 31.2 Å². The largest absolute Gasteiger partial charge is 0.444 e. The first-order chi connectivity index (χ1) is 8.24. The Morgan fingerprint density at radius 3 is 3.18 bits per heavy atom. The highest BCUT2D eigenvalue weighted by Crippen LogP contribution is 2.08. The number of nitrogens with one attached hydrogen (secondary N) is 1. The first kappa shape index (κ1) is 11.9. The molecule has 4 nitrogen and oxygen atoms in total. The molecule has 1 heterocycles. The highest BCUT2D eigenvalue weighted by Gasteiger charge is 2.19. The number of hydrogen-bond acceptors (Lipinski definition) is 3. The lowest BCUT2D eigenvalue weighted by molar-refractivity contribution is 0.0828. The van der Waals surface area contributed by atoms with Crippen LogP contribution in [0, 0.1) is 6.92 Å². The number of rotatable bonds is 3. The maximum Gasteiger partial charge on any atom is 0.407 e. The number of alkyl carbamates (subject to hydrolysis) is 1.